The summed E-state index contributed by atoms with van der Waals surface area (Å²) >= 11 is 1.08. The van der Waals surface area contributed by atoms with Crippen molar-refractivity contribution >= 4 is 22.7 Å². The largest absolute Gasteiger partial charge is 0.393 e. The number of thioether (sulfide) groups is 1. The number of aromatic nitrogens is 2. The molecule has 0 bridgehead atoms. The summed E-state index contributed by atoms with van der Waals surface area (Å²) in [4.78, 5) is 21.5. The zero-order chi connectivity index (χ0) is 13.7. The Morgan fingerprint density at radius 2 is 2.11 bits per heavy atom. The lowest BCUT2D eigenvalue weighted by Gasteiger charge is -2.10. The lowest BCUT2D eigenvalue weighted by molar-refractivity contribution is 0.105. The van der Waals surface area contributed by atoms with Gasteiger partial charge >= 0.3 is 0 Å². The van der Waals surface area contributed by atoms with Gasteiger partial charge in [0.05, 0.1) is 22.7 Å². The summed E-state index contributed by atoms with van der Waals surface area (Å²) < 4.78 is 0.966. The van der Waals surface area contributed by atoms with E-state index in [1.165, 1.54) is 0 Å². The Bertz CT molecular complexity index is 742. The van der Waals surface area contributed by atoms with E-state index in [9.17, 15) is 4.79 Å². The topological polar surface area (TPSA) is 91.7 Å². The fourth-order valence-corrected chi connectivity index (χ4v) is 2.10. The minimum atomic E-state index is -0.388. The number of hydrogen-bond acceptors (Lipinski definition) is 6. The average molecular weight is 272 g/mol. The highest BCUT2D eigenvalue weighted by Crippen LogP contribution is 2.16. The van der Waals surface area contributed by atoms with Gasteiger partial charge in [-0.2, -0.15) is 10.5 Å². The van der Waals surface area contributed by atoms with Crippen LogP contribution in [0, 0.1) is 22.7 Å². The molecule has 0 aliphatic carbocycles. The van der Waals surface area contributed by atoms with Crippen molar-refractivity contribution in [2.45, 2.75) is 5.16 Å². The Kier molecular flexibility index (Phi) is 4.01. The van der Waals surface area contributed by atoms with Crippen LogP contribution in [0.3, 0.4) is 0 Å². The van der Waals surface area contributed by atoms with Crippen molar-refractivity contribution in [3.8, 4) is 12.1 Å². The monoisotopic (exact) mass is 272 g/mol. The summed E-state index contributed by atoms with van der Waals surface area (Å²) in [5, 5.41) is 17.8. The Morgan fingerprint density at radius 3 is 2.84 bits per heavy atom. The first kappa shape index (κ1) is 12.9. The predicted molar refractivity (Wildman–Crippen MR) is 69.4 cm³/mol. The van der Waals surface area contributed by atoms with Crippen molar-refractivity contribution in [1.29, 1.82) is 10.5 Å². The van der Waals surface area contributed by atoms with Gasteiger partial charge in [-0.3, -0.25) is 4.79 Å². The van der Waals surface area contributed by atoms with Crippen LogP contribution < -0.4 is 10.4 Å². The molecule has 0 saturated carbocycles. The molecule has 1 heterocycles. The van der Waals surface area contributed by atoms with Crippen LogP contribution in [0.2, 0.25) is 0 Å². The summed E-state index contributed by atoms with van der Waals surface area (Å²) in [6.45, 7) is -0.264. The van der Waals surface area contributed by atoms with E-state index in [4.69, 9.17) is 15.4 Å². The number of nitriles is 2. The number of hydrogen-bond donors (Lipinski definition) is 0. The molecule has 2 rings (SSSR count). The van der Waals surface area contributed by atoms with E-state index in [-0.39, 0.29) is 23.1 Å². The Balaban J connectivity index is 2.60. The van der Waals surface area contributed by atoms with Gasteiger partial charge < -0.3 is 4.84 Å². The van der Waals surface area contributed by atoms with Gasteiger partial charge in [0, 0.05) is 0 Å². The SMILES string of the molecule is N#CCOn1c(SCC#N)nc2ccccc2c1=O. The van der Waals surface area contributed by atoms with Gasteiger partial charge in [0.15, 0.2) is 0 Å². The van der Waals surface area contributed by atoms with Gasteiger partial charge in [-0.1, -0.05) is 23.9 Å². The molecule has 0 atom stereocenters. The highest BCUT2D eigenvalue weighted by atomic mass is 32.2. The molecule has 0 radical (unpaired) electrons. The Morgan fingerprint density at radius 1 is 1.32 bits per heavy atom. The maximum absolute atomic E-state index is 12.2. The van der Waals surface area contributed by atoms with Crippen LogP contribution in [0.25, 0.3) is 10.9 Å². The van der Waals surface area contributed by atoms with Crippen LogP contribution in [0.1, 0.15) is 0 Å². The van der Waals surface area contributed by atoms with E-state index in [1.807, 2.05) is 6.07 Å². The third kappa shape index (κ3) is 2.67. The van der Waals surface area contributed by atoms with Crippen molar-refractivity contribution in [2.75, 3.05) is 12.4 Å². The van der Waals surface area contributed by atoms with Crippen LogP contribution >= 0.6 is 11.8 Å². The van der Waals surface area contributed by atoms with Gasteiger partial charge in [0.25, 0.3) is 5.56 Å². The molecule has 7 heteroatoms. The summed E-state index contributed by atoms with van der Waals surface area (Å²) in [5.74, 6) is 0.140. The molecule has 0 N–H and O–H groups in total. The second kappa shape index (κ2) is 5.89. The molecule has 19 heavy (non-hydrogen) atoms. The summed E-state index contributed by atoms with van der Waals surface area (Å²) in [5.41, 5.74) is 0.144. The van der Waals surface area contributed by atoms with Crippen molar-refractivity contribution in [1.82, 2.24) is 9.71 Å². The van der Waals surface area contributed by atoms with E-state index >= 15 is 0 Å². The molecular formula is C12H8N4O2S. The van der Waals surface area contributed by atoms with Crippen LogP contribution in [0.5, 0.6) is 0 Å². The minimum absolute atomic E-state index is 0.140. The maximum Gasteiger partial charge on any atom is 0.295 e. The molecule has 0 aliphatic rings. The highest BCUT2D eigenvalue weighted by molar-refractivity contribution is 7.99. The lowest BCUT2D eigenvalue weighted by atomic mass is 10.2. The smallest absolute Gasteiger partial charge is 0.295 e. The van der Waals surface area contributed by atoms with Crippen molar-refractivity contribution in [3.05, 3.63) is 34.6 Å². The molecule has 1 aromatic carbocycles. The van der Waals surface area contributed by atoms with Gasteiger partial charge in [-0.25, -0.2) is 4.98 Å². The van der Waals surface area contributed by atoms with Crippen molar-refractivity contribution in [3.63, 3.8) is 0 Å². The van der Waals surface area contributed by atoms with E-state index in [0.717, 1.165) is 16.5 Å². The molecule has 0 spiro atoms. The third-order valence-corrected chi connectivity index (χ3v) is 3.02. The molecule has 0 aliphatic heterocycles. The summed E-state index contributed by atoms with van der Waals surface area (Å²) in [7, 11) is 0. The molecule has 94 valence electrons. The fourth-order valence-electron chi connectivity index (χ4n) is 1.49. The van der Waals surface area contributed by atoms with Crippen LogP contribution in [0.15, 0.2) is 34.2 Å². The lowest BCUT2D eigenvalue weighted by Crippen LogP contribution is -2.29. The van der Waals surface area contributed by atoms with Crippen LogP contribution in [-0.4, -0.2) is 22.1 Å². The standard InChI is InChI=1S/C12H8N4O2S/c13-5-7-18-16-11(17)9-3-1-2-4-10(9)15-12(16)19-8-6-14/h1-4H,7-8H2. The van der Waals surface area contributed by atoms with E-state index in [2.05, 4.69) is 4.98 Å². The fraction of sp³-hybridized carbons (Fsp3) is 0.167. The first-order valence-corrected chi connectivity index (χ1v) is 6.28. The average Bonchev–Trinajstić information content (AvgIpc) is 2.44. The maximum atomic E-state index is 12.2. The zero-order valence-corrected chi connectivity index (χ0v) is 10.6. The quantitative estimate of drug-likeness (QED) is 0.608. The summed E-state index contributed by atoms with van der Waals surface area (Å²) in [6, 6.07) is 10.6. The van der Waals surface area contributed by atoms with Crippen molar-refractivity contribution < 1.29 is 4.84 Å². The number of benzene rings is 1. The van der Waals surface area contributed by atoms with Crippen LogP contribution in [-0.2, 0) is 0 Å². The van der Waals surface area contributed by atoms with Crippen LogP contribution in [0.4, 0.5) is 0 Å². The molecule has 0 unspecified atom stereocenters. The van der Waals surface area contributed by atoms with Gasteiger partial charge in [0.2, 0.25) is 11.8 Å². The number of rotatable bonds is 4. The van der Waals surface area contributed by atoms with Gasteiger partial charge in [-0.05, 0) is 12.1 Å². The van der Waals surface area contributed by atoms with Gasteiger partial charge in [0.1, 0.15) is 6.07 Å². The minimum Gasteiger partial charge on any atom is -0.393 e. The third-order valence-electron chi connectivity index (χ3n) is 2.23. The second-order valence-electron chi connectivity index (χ2n) is 3.39. The molecule has 1 aromatic heterocycles. The van der Waals surface area contributed by atoms with Crippen molar-refractivity contribution in [2.24, 2.45) is 0 Å². The molecule has 0 fully saturated rings. The second-order valence-corrected chi connectivity index (χ2v) is 4.33. The van der Waals surface area contributed by atoms with E-state index in [1.54, 1.807) is 30.3 Å². The zero-order valence-electron chi connectivity index (χ0n) is 9.74. The first-order valence-electron chi connectivity index (χ1n) is 5.29. The number of nitrogens with zero attached hydrogens (tertiary/aromatic N) is 4. The molecule has 6 nitrogen and oxygen atoms in total. The predicted octanol–water partition coefficient (Wildman–Crippen LogP) is 0.964. The summed E-state index contributed by atoms with van der Waals surface area (Å²) in [6.07, 6.45) is 0. The molecule has 0 saturated heterocycles. The normalized spacial score (nSPS) is 9.79. The molecule has 2 aromatic rings. The first-order chi connectivity index (χ1) is 9.27. The molecular weight excluding hydrogens is 264 g/mol. The highest BCUT2D eigenvalue weighted by Gasteiger charge is 2.12. The van der Waals surface area contributed by atoms with E-state index < -0.39 is 0 Å². The van der Waals surface area contributed by atoms with Gasteiger partial charge in [-0.15, -0.1) is 4.73 Å². The number of para-hydroxylation sites is 1. The van der Waals surface area contributed by atoms with E-state index in [0.29, 0.717) is 10.9 Å². The Hall–Kier alpha value is -2.51. The molecule has 0 amide bonds. The number of fused-ring (bicyclic) bond motifs is 1. The Labute approximate surface area is 112 Å².